The van der Waals surface area contributed by atoms with Gasteiger partial charge in [0.1, 0.15) is 0 Å². The molecule has 1 aliphatic rings. The number of hydrogen-bond donors (Lipinski definition) is 2. The van der Waals surface area contributed by atoms with E-state index in [-0.39, 0.29) is 17.7 Å². The SMILES string of the molecule is CCc1[nH]c2c(CNC(=O)C3CCC(=O)N(C)C3)cc(C)cc2c1C. The number of nitrogens with zero attached hydrogens (tertiary/aromatic N) is 1. The minimum Gasteiger partial charge on any atom is -0.358 e. The van der Waals surface area contributed by atoms with Crippen LogP contribution in [0.1, 0.15) is 42.1 Å². The van der Waals surface area contributed by atoms with Crippen molar-refractivity contribution in [1.29, 1.82) is 0 Å². The van der Waals surface area contributed by atoms with Gasteiger partial charge >= 0.3 is 0 Å². The van der Waals surface area contributed by atoms with Gasteiger partial charge in [-0.15, -0.1) is 0 Å². The van der Waals surface area contributed by atoms with E-state index in [4.69, 9.17) is 0 Å². The summed E-state index contributed by atoms with van der Waals surface area (Å²) in [5, 5.41) is 4.31. The molecule has 1 aromatic heterocycles. The van der Waals surface area contributed by atoms with Crippen LogP contribution < -0.4 is 5.32 Å². The largest absolute Gasteiger partial charge is 0.358 e. The summed E-state index contributed by atoms with van der Waals surface area (Å²) in [6, 6.07) is 4.34. The van der Waals surface area contributed by atoms with E-state index in [1.165, 1.54) is 22.2 Å². The van der Waals surface area contributed by atoms with Crippen LogP contribution in [0.15, 0.2) is 12.1 Å². The summed E-state index contributed by atoms with van der Waals surface area (Å²) < 4.78 is 0. The van der Waals surface area contributed by atoms with Crippen LogP contribution in [0.4, 0.5) is 0 Å². The molecule has 1 fully saturated rings. The maximum atomic E-state index is 12.5. The number of aromatic amines is 1. The van der Waals surface area contributed by atoms with E-state index in [1.54, 1.807) is 11.9 Å². The highest BCUT2D eigenvalue weighted by Gasteiger charge is 2.28. The predicted octanol–water partition coefficient (Wildman–Crippen LogP) is 2.83. The van der Waals surface area contributed by atoms with Crippen LogP contribution in [-0.4, -0.2) is 35.3 Å². The topological polar surface area (TPSA) is 65.2 Å². The first-order valence-electron chi connectivity index (χ1n) is 9.03. The Kier molecular flexibility index (Phi) is 4.84. The van der Waals surface area contributed by atoms with Crippen LogP contribution in [0.5, 0.6) is 0 Å². The van der Waals surface area contributed by atoms with Crippen molar-refractivity contribution in [2.24, 2.45) is 5.92 Å². The number of carbonyl (C=O) groups is 2. The molecule has 0 bridgehead atoms. The molecule has 0 aliphatic carbocycles. The van der Waals surface area contributed by atoms with Gasteiger partial charge in [-0.1, -0.05) is 18.6 Å². The van der Waals surface area contributed by atoms with E-state index in [0.29, 0.717) is 25.9 Å². The summed E-state index contributed by atoms with van der Waals surface area (Å²) in [7, 11) is 1.76. The van der Waals surface area contributed by atoms with Crippen molar-refractivity contribution >= 4 is 22.7 Å². The molecule has 2 N–H and O–H groups in total. The third kappa shape index (κ3) is 3.41. The third-order valence-electron chi connectivity index (χ3n) is 5.30. The first kappa shape index (κ1) is 17.5. The van der Waals surface area contributed by atoms with Crippen LogP contribution in [0, 0.1) is 19.8 Å². The Bertz CT molecular complexity index is 822. The maximum Gasteiger partial charge on any atom is 0.225 e. The molecule has 2 amide bonds. The van der Waals surface area contributed by atoms with E-state index in [2.05, 4.69) is 43.2 Å². The van der Waals surface area contributed by atoms with Gasteiger partial charge in [-0.3, -0.25) is 9.59 Å². The van der Waals surface area contributed by atoms with Crippen molar-refractivity contribution in [1.82, 2.24) is 15.2 Å². The van der Waals surface area contributed by atoms with Crippen molar-refractivity contribution in [2.75, 3.05) is 13.6 Å². The Morgan fingerprint density at radius 2 is 2.12 bits per heavy atom. The number of H-pyrrole nitrogens is 1. The van der Waals surface area contributed by atoms with Crippen molar-refractivity contribution in [2.45, 2.75) is 46.6 Å². The zero-order valence-electron chi connectivity index (χ0n) is 15.5. The fourth-order valence-corrected chi connectivity index (χ4v) is 3.76. The normalized spacial score (nSPS) is 18.0. The van der Waals surface area contributed by atoms with Gasteiger partial charge in [0.05, 0.1) is 11.4 Å². The Balaban J connectivity index is 1.77. The first-order valence-corrected chi connectivity index (χ1v) is 9.03. The second-order valence-corrected chi connectivity index (χ2v) is 7.16. The van der Waals surface area contributed by atoms with Crippen LogP contribution in [-0.2, 0) is 22.6 Å². The molecule has 1 aliphatic heterocycles. The van der Waals surface area contributed by atoms with Gasteiger partial charge < -0.3 is 15.2 Å². The molecule has 1 saturated heterocycles. The Labute approximate surface area is 148 Å². The van der Waals surface area contributed by atoms with E-state index in [1.807, 2.05) is 0 Å². The molecule has 5 heteroatoms. The van der Waals surface area contributed by atoms with E-state index in [0.717, 1.165) is 17.5 Å². The summed E-state index contributed by atoms with van der Waals surface area (Å²) in [6.07, 6.45) is 2.06. The van der Waals surface area contributed by atoms with Crippen molar-refractivity contribution in [3.8, 4) is 0 Å². The summed E-state index contributed by atoms with van der Waals surface area (Å²) in [5.41, 5.74) is 5.98. The van der Waals surface area contributed by atoms with Gasteiger partial charge in [0, 0.05) is 37.6 Å². The quantitative estimate of drug-likeness (QED) is 0.898. The number of nitrogens with one attached hydrogen (secondary N) is 2. The molecular formula is C20H27N3O2. The zero-order valence-corrected chi connectivity index (χ0v) is 15.5. The fourth-order valence-electron chi connectivity index (χ4n) is 3.76. The van der Waals surface area contributed by atoms with Gasteiger partial charge in [-0.2, -0.15) is 0 Å². The molecule has 1 unspecified atom stereocenters. The average Bonchev–Trinajstić information content (AvgIpc) is 2.91. The number of hydrogen-bond acceptors (Lipinski definition) is 2. The molecule has 3 rings (SSSR count). The standard InChI is InChI=1S/C20H27N3O2/c1-5-17-13(3)16-9-12(2)8-15(19(16)22-17)10-21-20(25)14-6-7-18(24)23(4)11-14/h8-9,14,22H,5-7,10-11H2,1-4H3,(H,21,25). The summed E-state index contributed by atoms with van der Waals surface area (Å²) >= 11 is 0. The van der Waals surface area contributed by atoms with Crippen LogP contribution in [0.25, 0.3) is 10.9 Å². The third-order valence-corrected chi connectivity index (χ3v) is 5.30. The molecule has 2 heterocycles. The second-order valence-electron chi connectivity index (χ2n) is 7.16. The van der Waals surface area contributed by atoms with E-state index < -0.39 is 0 Å². The zero-order chi connectivity index (χ0) is 18.1. The van der Waals surface area contributed by atoms with Crippen molar-refractivity contribution < 1.29 is 9.59 Å². The lowest BCUT2D eigenvalue weighted by atomic mass is 9.97. The Morgan fingerprint density at radius 1 is 1.36 bits per heavy atom. The molecule has 5 nitrogen and oxygen atoms in total. The number of likely N-dealkylation sites (tertiary alicyclic amines) is 1. The molecule has 25 heavy (non-hydrogen) atoms. The predicted molar refractivity (Wildman–Crippen MR) is 99.4 cm³/mol. The molecule has 0 radical (unpaired) electrons. The highest BCUT2D eigenvalue weighted by Crippen LogP contribution is 2.27. The number of amides is 2. The van der Waals surface area contributed by atoms with E-state index in [9.17, 15) is 9.59 Å². The minimum atomic E-state index is -0.111. The van der Waals surface area contributed by atoms with Crippen molar-refractivity contribution in [3.05, 3.63) is 34.5 Å². The number of aryl methyl sites for hydroxylation is 3. The van der Waals surface area contributed by atoms with Crippen molar-refractivity contribution in [3.63, 3.8) is 0 Å². The maximum absolute atomic E-state index is 12.5. The fraction of sp³-hybridized carbons (Fsp3) is 0.500. The number of aromatic nitrogens is 1. The number of piperidine rings is 1. The molecular weight excluding hydrogens is 314 g/mol. The number of benzene rings is 1. The van der Waals surface area contributed by atoms with Crippen LogP contribution in [0.3, 0.4) is 0 Å². The van der Waals surface area contributed by atoms with Gasteiger partial charge in [-0.05, 0) is 43.9 Å². The lowest BCUT2D eigenvalue weighted by Gasteiger charge is -2.28. The molecule has 2 aromatic rings. The average molecular weight is 341 g/mol. The van der Waals surface area contributed by atoms with Gasteiger partial charge in [0.2, 0.25) is 11.8 Å². The number of fused-ring (bicyclic) bond motifs is 1. The molecule has 0 saturated carbocycles. The van der Waals surface area contributed by atoms with Crippen LogP contribution >= 0.6 is 0 Å². The summed E-state index contributed by atoms with van der Waals surface area (Å²) in [5.74, 6) is 0.0472. The van der Waals surface area contributed by atoms with Gasteiger partial charge in [0.15, 0.2) is 0 Å². The number of rotatable bonds is 4. The summed E-state index contributed by atoms with van der Waals surface area (Å²) in [4.78, 5) is 29.3. The second kappa shape index (κ2) is 6.90. The lowest BCUT2D eigenvalue weighted by molar-refractivity contribution is -0.136. The number of carbonyl (C=O) groups excluding carboxylic acids is 2. The highest BCUT2D eigenvalue weighted by atomic mass is 16.2. The van der Waals surface area contributed by atoms with Crippen LogP contribution in [0.2, 0.25) is 0 Å². The lowest BCUT2D eigenvalue weighted by Crippen LogP contribution is -2.43. The smallest absolute Gasteiger partial charge is 0.225 e. The minimum absolute atomic E-state index is 0.0352. The van der Waals surface area contributed by atoms with E-state index >= 15 is 0 Å². The first-order chi connectivity index (χ1) is 11.9. The van der Waals surface area contributed by atoms with Gasteiger partial charge in [0.25, 0.3) is 0 Å². The Hall–Kier alpha value is -2.30. The molecule has 0 spiro atoms. The monoisotopic (exact) mass is 341 g/mol. The van der Waals surface area contributed by atoms with Gasteiger partial charge in [-0.25, -0.2) is 0 Å². The summed E-state index contributed by atoms with van der Waals surface area (Å²) in [6.45, 7) is 7.40. The molecule has 134 valence electrons. The highest BCUT2D eigenvalue weighted by molar-refractivity contribution is 5.89. The molecule has 1 aromatic carbocycles. The Morgan fingerprint density at radius 3 is 2.80 bits per heavy atom. The molecule has 1 atom stereocenters.